The fourth-order valence-electron chi connectivity index (χ4n) is 3.81. The molecule has 9 heteroatoms. The number of rotatable bonds is 4. The van der Waals surface area contributed by atoms with Crippen molar-refractivity contribution >= 4 is 34.7 Å². The van der Waals surface area contributed by atoms with Gasteiger partial charge in [-0.3, -0.25) is 9.36 Å². The lowest BCUT2D eigenvalue weighted by Crippen LogP contribution is -2.39. The molecule has 2 aliphatic rings. The highest BCUT2D eigenvalue weighted by molar-refractivity contribution is 7.10. The van der Waals surface area contributed by atoms with E-state index in [-0.39, 0.29) is 12.2 Å². The van der Waals surface area contributed by atoms with Gasteiger partial charge in [-0.25, -0.2) is 9.79 Å². The maximum Gasteiger partial charge on any atom is 0.338 e. The molecule has 0 amide bonds. The van der Waals surface area contributed by atoms with E-state index in [0.717, 1.165) is 10.4 Å². The summed E-state index contributed by atoms with van der Waals surface area (Å²) in [6, 6.07) is 8.85. The van der Waals surface area contributed by atoms with E-state index < -0.39 is 12.0 Å². The Morgan fingerprint density at radius 1 is 1.28 bits per heavy atom. The molecule has 0 fully saturated rings. The van der Waals surface area contributed by atoms with Gasteiger partial charge in [-0.2, -0.15) is 0 Å². The third-order valence-electron chi connectivity index (χ3n) is 5.19. The van der Waals surface area contributed by atoms with Gasteiger partial charge >= 0.3 is 5.97 Å². The van der Waals surface area contributed by atoms with Crippen LogP contribution in [0.4, 0.5) is 0 Å². The van der Waals surface area contributed by atoms with Gasteiger partial charge in [0.05, 0.1) is 22.4 Å². The summed E-state index contributed by atoms with van der Waals surface area (Å²) < 4.78 is 18.6. The molecule has 0 bridgehead atoms. The number of aromatic nitrogens is 1. The Hall–Kier alpha value is -3.17. The Morgan fingerprint density at radius 2 is 2.09 bits per heavy atom. The van der Waals surface area contributed by atoms with Crippen LogP contribution in [0.25, 0.3) is 6.08 Å². The standard InChI is InChI=1S/C23H20N2O5S2/c1-3-28-22(27)19-13(2)24-23-25(20(19)17-5-4-10-31-17)21(26)18(32-23)12-14-6-7-15-16(11-14)30-9-8-29-15/h4-7,10-12,20H,3,8-9H2,1-2H3/t20-/m1/s1. The van der Waals surface area contributed by atoms with Gasteiger partial charge in [0.25, 0.3) is 5.56 Å². The van der Waals surface area contributed by atoms with Gasteiger partial charge in [-0.05, 0) is 49.1 Å². The topological polar surface area (TPSA) is 79.1 Å². The van der Waals surface area contributed by atoms with Crippen LogP contribution in [0.15, 0.2) is 56.8 Å². The predicted octanol–water partition coefficient (Wildman–Crippen LogP) is 2.63. The molecule has 0 aliphatic carbocycles. The summed E-state index contributed by atoms with van der Waals surface area (Å²) in [6.45, 7) is 4.81. The summed E-state index contributed by atoms with van der Waals surface area (Å²) in [4.78, 5) is 32.3. The number of hydrogen-bond acceptors (Lipinski definition) is 8. The summed E-state index contributed by atoms with van der Waals surface area (Å²) in [5, 5.41) is 1.93. The first kappa shape index (κ1) is 20.7. The summed E-state index contributed by atoms with van der Waals surface area (Å²) in [5.74, 6) is 0.908. The smallest absolute Gasteiger partial charge is 0.338 e. The SMILES string of the molecule is CCOC(=O)C1=C(C)N=c2sc(=Cc3ccc4c(c3)OCCO4)c(=O)n2[C@@H]1c1cccs1. The first-order valence-corrected chi connectivity index (χ1v) is 11.9. The monoisotopic (exact) mass is 468 g/mol. The minimum Gasteiger partial charge on any atom is -0.486 e. The summed E-state index contributed by atoms with van der Waals surface area (Å²) in [7, 11) is 0. The zero-order chi connectivity index (χ0) is 22.2. The van der Waals surface area contributed by atoms with Crippen LogP contribution in [-0.4, -0.2) is 30.4 Å². The Bertz CT molecular complexity index is 1400. The van der Waals surface area contributed by atoms with Crippen molar-refractivity contribution in [3.8, 4) is 11.5 Å². The molecular formula is C23H20N2O5S2. The number of hydrogen-bond donors (Lipinski definition) is 0. The van der Waals surface area contributed by atoms with E-state index in [4.69, 9.17) is 14.2 Å². The molecule has 0 saturated carbocycles. The minimum absolute atomic E-state index is 0.198. The van der Waals surface area contributed by atoms with Crippen LogP contribution in [-0.2, 0) is 9.53 Å². The van der Waals surface area contributed by atoms with Gasteiger partial charge in [0.15, 0.2) is 16.3 Å². The molecule has 5 rings (SSSR count). The average molecular weight is 469 g/mol. The van der Waals surface area contributed by atoms with Gasteiger partial charge in [0, 0.05) is 4.88 Å². The molecule has 1 aromatic carbocycles. The molecule has 0 spiro atoms. The molecule has 4 heterocycles. The number of thiazole rings is 1. The number of benzene rings is 1. The van der Waals surface area contributed by atoms with Gasteiger partial charge in [0.2, 0.25) is 0 Å². The van der Waals surface area contributed by atoms with E-state index in [0.29, 0.717) is 45.3 Å². The number of allylic oxidation sites excluding steroid dienone is 1. The van der Waals surface area contributed by atoms with Crippen molar-refractivity contribution in [1.82, 2.24) is 4.57 Å². The summed E-state index contributed by atoms with van der Waals surface area (Å²) in [5.41, 5.74) is 1.59. The molecule has 2 aromatic heterocycles. The van der Waals surface area contributed by atoms with E-state index in [1.54, 1.807) is 18.4 Å². The number of carbonyl (C=O) groups is 1. The number of ether oxygens (including phenoxy) is 3. The van der Waals surface area contributed by atoms with E-state index in [1.165, 1.54) is 22.7 Å². The van der Waals surface area contributed by atoms with E-state index in [1.807, 2.05) is 41.8 Å². The summed E-state index contributed by atoms with van der Waals surface area (Å²) >= 11 is 2.79. The second-order valence-corrected chi connectivity index (χ2v) is 9.21. The van der Waals surface area contributed by atoms with Crippen LogP contribution >= 0.6 is 22.7 Å². The Kier molecular flexibility index (Phi) is 5.44. The Morgan fingerprint density at radius 3 is 2.84 bits per heavy atom. The molecule has 0 unspecified atom stereocenters. The van der Waals surface area contributed by atoms with Crippen LogP contribution in [0, 0.1) is 0 Å². The Labute approximate surface area is 191 Å². The highest BCUT2D eigenvalue weighted by Gasteiger charge is 2.33. The molecule has 32 heavy (non-hydrogen) atoms. The fraction of sp³-hybridized carbons (Fsp3) is 0.261. The number of carbonyl (C=O) groups excluding carboxylic acids is 1. The lowest BCUT2D eigenvalue weighted by atomic mass is 10.0. The van der Waals surface area contributed by atoms with Gasteiger partial charge in [-0.15, -0.1) is 11.3 Å². The van der Waals surface area contributed by atoms with Crippen LogP contribution in [0.2, 0.25) is 0 Å². The lowest BCUT2D eigenvalue weighted by Gasteiger charge is -2.23. The van der Waals surface area contributed by atoms with Crippen LogP contribution in [0.1, 0.15) is 30.3 Å². The van der Waals surface area contributed by atoms with Crippen molar-refractivity contribution in [1.29, 1.82) is 0 Å². The lowest BCUT2D eigenvalue weighted by molar-refractivity contribution is -0.139. The number of nitrogens with zero attached hydrogens (tertiary/aromatic N) is 2. The van der Waals surface area contributed by atoms with Crippen LogP contribution < -0.4 is 24.4 Å². The number of esters is 1. The zero-order valence-electron chi connectivity index (χ0n) is 17.5. The molecule has 164 valence electrons. The molecule has 1 atom stereocenters. The van der Waals surface area contributed by atoms with E-state index in [9.17, 15) is 9.59 Å². The molecule has 2 aliphatic heterocycles. The molecule has 0 radical (unpaired) electrons. The molecule has 0 saturated heterocycles. The van der Waals surface area contributed by atoms with Crippen LogP contribution in [0.5, 0.6) is 11.5 Å². The van der Waals surface area contributed by atoms with E-state index in [2.05, 4.69) is 4.99 Å². The third-order valence-corrected chi connectivity index (χ3v) is 7.10. The van der Waals surface area contributed by atoms with Crippen LogP contribution in [0.3, 0.4) is 0 Å². The highest BCUT2D eigenvalue weighted by atomic mass is 32.1. The normalized spacial score (nSPS) is 17.7. The Balaban J connectivity index is 1.66. The minimum atomic E-state index is -0.562. The third kappa shape index (κ3) is 3.57. The maximum absolute atomic E-state index is 13.5. The maximum atomic E-state index is 13.5. The molecule has 3 aromatic rings. The highest BCUT2D eigenvalue weighted by Crippen LogP contribution is 2.33. The first-order valence-electron chi connectivity index (χ1n) is 10.2. The first-order chi connectivity index (χ1) is 15.6. The van der Waals surface area contributed by atoms with Crippen molar-refractivity contribution < 1.29 is 19.0 Å². The molecule has 0 N–H and O–H groups in total. The van der Waals surface area contributed by atoms with E-state index >= 15 is 0 Å². The fourth-order valence-corrected chi connectivity index (χ4v) is 5.68. The quantitative estimate of drug-likeness (QED) is 0.550. The van der Waals surface area contributed by atoms with Crippen molar-refractivity contribution in [3.05, 3.63) is 77.1 Å². The van der Waals surface area contributed by atoms with Gasteiger partial charge < -0.3 is 14.2 Å². The van der Waals surface area contributed by atoms with Gasteiger partial charge in [-0.1, -0.05) is 23.5 Å². The zero-order valence-corrected chi connectivity index (χ0v) is 19.1. The van der Waals surface area contributed by atoms with Gasteiger partial charge in [0.1, 0.15) is 19.3 Å². The second kappa shape index (κ2) is 8.40. The average Bonchev–Trinajstić information content (AvgIpc) is 3.42. The molecule has 7 nitrogen and oxygen atoms in total. The second-order valence-electron chi connectivity index (χ2n) is 7.22. The van der Waals surface area contributed by atoms with Crippen molar-refractivity contribution in [2.45, 2.75) is 19.9 Å². The number of thiophene rings is 1. The van der Waals surface area contributed by atoms with Crippen molar-refractivity contribution in [2.75, 3.05) is 19.8 Å². The molecular weight excluding hydrogens is 448 g/mol. The summed E-state index contributed by atoms with van der Waals surface area (Å²) in [6.07, 6.45) is 1.82. The van der Waals surface area contributed by atoms with Crippen molar-refractivity contribution in [2.24, 2.45) is 4.99 Å². The van der Waals surface area contributed by atoms with Crippen molar-refractivity contribution in [3.63, 3.8) is 0 Å². The predicted molar refractivity (Wildman–Crippen MR) is 122 cm³/mol. The number of fused-ring (bicyclic) bond motifs is 2. The largest absolute Gasteiger partial charge is 0.486 e.